The average molecular weight is 295 g/mol. The normalized spacial score (nSPS) is 12.2. The molecule has 0 amide bonds. The Morgan fingerprint density at radius 3 is 2.57 bits per heavy atom. The van der Waals surface area contributed by atoms with Crippen molar-refractivity contribution in [2.45, 2.75) is 39.5 Å². The molecule has 3 N–H and O–H groups in total. The first-order valence-electron chi connectivity index (χ1n) is 7.94. The number of ether oxygens (including phenoxy) is 2. The zero-order valence-electron chi connectivity index (χ0n) is 13.3. The first-order chi connectivity index (χ1) is 10.2. The first-order valence-corrected chi connectivity index (χ1v) is 7.94. The highest BCUT2D eigenvalue weighted by atomic mass is 16.5. The number of rotatable bonds is 11. The van der Waals surface area contributed by atoms with E-state index < -0.39 is 0 Å². The Kier molecular flexibility index (Phi) is 8.87. The van der Waals surface area contributed by atoms with Gasteiger partial charge in [-0.1, -0.05) is 25.8 Å². The summed E-state index contributed by atoms with van der Waals surface area (Å²) in [6, 6.07) is 5.98. The van der Waals surface area contributed by atoms with Crippen molar-refractivity contribution in [2.24, 2.45) is 11.7 Å². The van der Waals surface area contributed by atoms with Gasteiger partial charge in [-0.25, -0.2) is 0 Å². The van der Waals surface area contributed by atoms with Gasteiger partial charge in [0.15, 0.2) is 11.5 Å². The number of benzene rings is 1. The van der Waals surface area contributed by atoms with Gasteiger partial charge in [0.1, 0.15) is 0 Å². The number of aliphatic hydroxyl groups is 1. The smallest absolute Gasteiger partial charge is 0.161 e. The molecule has 1 aromatic carbocycles. The van der Waals surface area contributed by atoms with E-state index in [0.29, 0.717) is 13.2 Å². The van der Waals surface area contributed by atoms with E-state index >= 15 is 0 Å². The van der Waals surface area contributed by atoms with E-state index in [1.807, 2.05) is 25.1 Å². The van der Waals surface area contributed by atoms with Crippen molar-refractivity contribution < 1.29 is 14.6 Å². The standard InChI is InChI=1S/C17H29NO3/c1-3-5-6-9-21-16-8-7-14(10-15(12-18)13-19)11-17(16)20-4-2/h7-8,11,15,19H,3-6,9-10,12-13,18H2,1-2H3. The van der Waals surface area contributed by atoms with Gasteiger partial charge in [0.05, 0.1) is 13.2 Å². The van der Waals surface area contributed by atoms with Gasteiger partial charge in [0.25, 0.3) is 0 Å². The van der Waals surface area contributed by atoms with Crippen LogP contribution in [0.2, 0.25) is 0 Å². The second-order valence-corrected chi connectivity index (χ2v) is 5.26. The van der Waals surface area contributed by atoms with Crippen molar-refractivity contribution in [3.05, 3.63) is 23.8 Å². The van der Waals surface area contributed by atoms with E-state index in [2.05, 4.69) is 6.92 Å². The number of nitrogens with two attached hydrogens (primary N) is 1. The molecule has 0 saturated carbocycles. The average Bonchev–Trinajstić information content (AvgIpc) is 2.51. The summed E-state index contributed by atoms with van der Waals surface area (Å²) in [6.45, 7) is 6.05. The van der Waals surface area contributed by atoms with Gasteiger partial charge in [-0.15, -0.1) is 0 Å². The van der Waals surface area contributed by atoms with Gasteiger partial charge in [-0.05, 0) is 49.9 Å². The summed E-state index contributed by atoms with van der Waals surface area (Å²) in [5, 5.41) is 9.25. The SMILES string of the molecule is CCCCCOc1ccc(CC(CN)CO)cc1OCC. The van der Waals surface area contributed by atoms with Crippen LogP contribution in [-0.4, -0.2) is 31.5 Å². The van der Waals surface area contributed by atoms with Crippen molar-refractivity contribution in [3.63, 3.8) is 0 Å². The molecule has 0 heterocycles. The fourth-order valence-electron chi connectivity index (χ4n) is 2.16. The molecule has 4 nitrogen and oxygen atoms in total. The summed E-state index contributed by atoms with van der Waals surface area (Å²) in [7, 11) is 0. The molecule has 1 atom stereocenters. The molecule has 0 radical (unpaired) electrons. The van der Waals surface area contributed by atoms with E-state index in [0.717, 1.165) is 36.5 Å². The van der Waals surface area contributed by atoms with Gasteiger partial charge in [0, 0.05) is 6.61 Å². The lowest BCUT2D eigenvalue weighted by molar-refractivity contribution is 0.229. The predicted octanol–water partition coefficient (Wildman–Crippen LogP) is 2.76. The monoisotopic (exact) mass is 295 g/mol. The fourth-order valence-corrected chi connectivity index (χ4v) is 2.16. The first kappa shape index (κ1) is 17.8. The van der Waals surface area contributed by atoms with Gasteiger partial charge >= 0.3 is 0 Å². The summed E-state index contributed by atoms with van der Waals surface area (Å²) in [5.41, 5.74) is 6.75. The minimum atomic E-state index is 0.0933. The Hall–Kier alpha value is -1.26. The highest BCUT2D eigenvalue weighted by Crippen LogP contribution is 2.29. The molecule has 4 heteroatoms. The highest BCUT2D eigenvalue weighted by Gasteiger charge is 2.10. The Morgan fingerprint density at radius 2 is 1.95 bits per heavy atom. The van der Waals surface area contributed by atoms with Crippen LogP contribution in [0.25, 0.3) is 0 Å². The molecule has 1 rings (SSSR count). The van der Waals surface area contributed by atoms with Crippen LogP contribution in [0.1, 0.15) is 38.7 Å². The highest BCUT2D eigenvalue weighted by molar-refractivity contribution is 5.43. The molecular formula is C17H29NO3. The number of unbranched alkanes of at least 4 members (excludes halogenated alkanes) is 2. The van der Waals surface area contributed by atoms with Crippen molar-refractivity contribution in [3.8, 4) is 11.5 Å². The fraction of sp³-hybridized carbons (Fsp3) is 0.647. The maximum atomic E-state index is 9.25. The lowest BCUT2D eigenvalue weighted by atomic mass is 10.00. The van der Waals surface area contributed by atoms with E-state index in [4.69, 9.17) is 15.2 Å². The maximum Gasteiger partial charge on any atom is 0.161 e. The van der Waals surface area contributed by atoms with E-state index in [1.54, 1.807) is 0 Å². The lowest BCUT2D eigenvalue weighted by Gasteiger charge is -2.15. The number of hydrogen-bond donors (Lipinski definition) is 2. The van der Waals surface area contributed by atoms with Crippen molar-refractivity contribution >= 4 is 0 Å². The summed E-state index contributed by atoms with van der Waals surface area (Å²) >= 11 is 0. The van der Waals surface area contributed by atoms with Crippen molar-refractivity contribution in [2.75, 3.05) is 26.4 Å². The third kappa shape index (κ3) is 6.36. The molecule has 0 aliphatic rings. The molecule has 0 aliphatic heterocycles. The van der Waals surface area contributed by atoms with E-state index in [1.165, 1.54) is 12.8 Å². The minimum absolute atomic E-state index is 0.0933. The summed E-state index contributed by atoms with van der Waals surface area (Å²) in [5.74, 6) is 1.67. The quantitative estimate of drug-likeness (QED) is 0.616. The molecule has 0 fully saturated rings. The number of hydrogen-bond acceptors (Lipinski definition) is 4. The summed E-state index contributed by atoms with van der Waals surface area (Å²) < 4.78 is 11.5. The molecule has 1 unspecified atom stereocenters. The molecule has 21 heavy (non-hydrogen) atoms. The van der Waals surface area contributed by atoms with Crippen LogP contribution in [0.15, 0.2) is 18.2 Å². The third-order valence-electron chi connectivity index (χ3n) is 3.43. The van der Waals surface area contributed by atoms with Crippen LogP contribution >= 0.6 is 0 Å². The Labute approximate surface area is 128 Å². The molecule has 120 valence electrons. The largest absolute Gasteiger partial charge is 0.490 e. The van der Waals surface area contributed by atoms with Gasteiger partial charge < -0.3 is 20.3 Å². The summed E-state index contributed by atoms with van der Waals surface area (Å²) in [4.78, 5) is 0. The molecule has 1 aromatic rings. The second kappa shape index (κ2) is 10.5. The van der Waals surface area contributed by atoms with Crippen molar-refractivity contribution in [1.82, 2.24) is 0 Å². The van der Waals surface area contributed by atoms with Gasteiger partial charge in [-0.2, -0.15) is 0 Å². The minimum Gasteiger partial charge on any atom is -0.490 e. The molecule has 0 aliphatic carbocycles. The summed E-state index contributed by atoms with van der Waals surface area (Å²) in [6.07, 6.45) is 4.17. The zero-order chi connectivity index (χ0) is 15.5. The van der Waals surface area contributed by atoms with Crippen LogP contribution < -0.4 is 15.2 Å². The maximum absolute atomic E-state index is 9.25. The van der Waals surface area contributed by atoms with E-state index in [9.17, 15) is 5.11 Å². The molecular weight excluding hydrogens is 266 g/mol. The van der Waals surface area contributed by atoms with E-state index in [-0.39, 0.29) is 12.5 Å². The second-order valence-electron chi connectivity index (χ2n) is 5.26. The van der Waals surface area contributed by atoms with Gasteiger partial charge in [-0.3, -0.25) is 0 Å². The number of aliphatic hydroxyl groups excluding tert-OH is 1. The molecule has 0 saturated heterocycles. The lowest BCUT2D eigenvalue weighted by Crippen LogP contribution is -2.20. The van der Waals surface area contributed by atoms with Crippen LogP contribution in [-0.2, 0) is 6.42 Å². The molecule has 0 bridgehead atoms. The predicted molar refractivity (Wildman–Crippen MR) is 86.0 cm³/mol. The Balaban J connectivity index is 2.71. The van der Waals surface area contributed by atoms with Gasteiger partial charge in [0.2, 0.25) is 0 Å². The topological polar surface area (TPSA) is 64.7 Å². The van der Waals surface area contributed by atoms with Crippen molar-refractivity contribution in [1.29, 1.82) is 0 Å². The van der Waals surface area contributed by atoms with Crippen LogP contribution in [0.4, 0.5) is 0 Å². The Morgan fingerprint density at radius 1 is 1.14 bits per heavy atom. The third-order valence-corrected chi connectivity index (χ3v) is 3.43. The van der Waals surface area contributed by atoms with Crippen LogP contribution in [0, 0.1) is 5.92 Å². The molecule has 0 spiro atoms. The zero-order valence-corrected chi connectivity index (χ0v) is 13.3. The van der Waals surface area contributed by atoms with Crippen LogP contribution in [0.3, 0.4) is 0 Å². The Bertz CT molecular complexity index is 392. The molecule has 0 aromatic heterocycles. The van der Waals surface area contributed by atoms with Crippen LogP contribution in [0.5, 0.6) is 11.5 Å².